The number of carbonyl (C=O) groups is 1. The number of amides is 1. The maximum absolute atomic E-state index is 12.9. The first-order valence-electron chi connectivity index (χ1n) is 10.8. The third kappa shape index (κ3) is 4.58. The molecule has 0 radical (unpaired) electrons. The lowest BCUT2D eigenvalue weighted by atomic mass is 9.78. The number of carbonyl (C=O) groups excluding carboxylic acids is 1. The third-order valence-electron chi connectivity index (χ3n) is 6.31. The van der Waals surface area contributed by atoms with Gasteiger partial charge in [-0.3, -0.25) is 4.79 Å². The fraction of sp³-hybridized carbons (Fsp3) is 0.591. The number of thioether (sulfide) groups is 1. The zero-order chi connectivity index (χ0) is 21.1. The van der Waals surface area contributed by atoms with Gasteiger partial charge in [-0.2, -0.15) is 0 Å². The van der Waals surface area contributed by atoms with Crippen LogP contribution < -0.4 is 10.6 Å². The molecular formula is C22H31N5O2S. The van der Waals surface area contributed by atoms with E-state index in [1.54, 1.807) is 0 Å². The normalized spacial score (nSPS) is 21.3. The number of hydrogen-bond donors (Lipinski definition) is 1. The van der Waals surface area contributed by atoms with Crippen molar-refractivity contribution < 1.29 is 9.53 Å². The van der Waals surface area contributed by atoms with E-state index in [1.807, 2.05) is 19.1 Å². The van der Waals surface area contributed by atoms with E-state index in [2.05, 4.69) is 28.1 Å². The van der Waals surface area contributed by atoms with Gasteiger partial charge < -0.3 is 15.5 Å². The van der Waals surface area contributed by atoms with Crippen LogP contribution in [0.25, 0.3) is 0 Å². The Morgan fingerprint density at radius 2 is 2.00 bits per heavy atom. The van der Waals surface area contributed by atoms with Crippen molar-refractivity contribution in [2.75, 3.05) is 18.1 Å². The molecule has 4 rings (SSSR count). The number of aromatic nitrogens is 3. The quantitative estimate of drug-likeness (QED) is 0.559. The van der Waals surface area contributed by atoms with Gasteiger partial charge in [0, 0.05) is 12.6 Å². The molecule has 162 valence electrons. The summed E-state index contributed by atoms with van der Waals surface area (Å²) in [5.74, 6) is 8.73. The number of nitrogen functional groups attached to an aromatic ring is 1. The second-order valence-electron chi connectivity index (χ2n) is 8.46. The van der Waals surface area contributed by atoms with E-state index in [9.17, 15) is 4.79 Å². The number of hydrogen-bond acceptors (Lipinski definition) is 6. The summed E-state index contributed by atoms with van der Waals surface area (Å²) in [7, 11) is 0. The molecule has 1 saturated heterocycles. The minimum atomic E-state index is 0.188. The van der Waals surface area contributed by atoms with Crippen LogP contribution >= 0.6 is 11.8 Å². The molecule has 2 atom stereocenters. The standard InChI is InChI=1S/C22H31N5O2S/c1-15-9-10-19(16(2)12-15)29-13-20-24-25-22(27(20)23)30-14-21(28)26-11-5-7-17-6-3-4-8-18(17)26/h9-10,12,17-18H,3-8,11,13-14,23H2,1-2H3/t17-,18+/m1/s1. The highest BCUT2D eigenvalue weighted by molar-refractivity contribution is 7.99. The summed E-state index contributed by atoms with van der Waals surface area (Å²) >= 11 is 1.35. The molecule has 1 aromatic heterocycles. The van der Waals surface area contributed by atoms with Gasteiger partial charge in [-0.25, -0.2) is 4.68 Å². The van der Waals surface area contributed by atoms with Crippen molar-refractivity contribution in [2.45, 2.75) is 70.2 Å². The minimum absolute atomic E-state index is 0.188. The average molecular weight is 430 g/mol. The first-order chi connectivity index (χ1) is 14.5. The molecule has 1 aliphatic carbocycles. The molecule has 2 N–H and O–H groups in total. The van der Waals surface area contributed by atoms with Gasteiger partial charge in [-0.1, -0.05) is 42.3 Å². The second kappa shape index (κ2) is 9.29. The van der Waals surface area contributed by atoms with Crippen LogP contribution in [0.4, 0.5) is 0 Å². The maximum Gasteiger partial charge on any atom is 0.233 e. The lowest BCUT2D eigenvalue weighted by Crippen LogP contribution is -2.50. The predicted molar refractivity (Wildman–Crippen MR) is 118 cm³/mol. The van der Waals surface area contributed by atoms with E-state index in [0.29, 0.717) is 28.7 Å². The van der Waals surface area contributed by atoms with Crippen molar-refractivity contribution in [1.29, 1.82) is 0 Å². The fourth-order valence-corrected chi connectivity index (χ4v) is 5.51. The first kappa shape index (κ1) is 21.0. The Morgan fingerprint density at radius 3 is 2.83 bits per heavy atom. The molecule has 7 nitrogen and oxygen atoms in total. The van der Waals surface area contributed by atoms with Gasteiger partial charge in [-0.15, -0.1) is 10.2 Å². The van der Waals surface area contributed by atoms with Crippen molar-refractivity contribution in [3.05, 3.63) is 35.2 Å². The molecule has 8 heteroatoms. The molecule has 2 fully saturated rings. The molecule has 2 aliphatic rings. The molecule has 2 aromatic rings. The number of fused-ring (bicyclic) bond motifs is 1. The van der Waals surface area contributed by atoms with E-state index in [1.165, 1.54) is 47.7 Å². The molecule has 1 saturated carbocycles. The zero-order valence-electron chi connectivity index (χ0n) is 17.8. The summed E-state index contributed by atoms with van der Waals surface area (Å²) in [5, 5.41) is 8.86. The molecule has 0 unspecified atom stereocenters. The summed E-state index contributed by atoms with van der Waals surface area (Å²) in [6, 6.07) is 6.47. The number of benzene rings is 1. The number of piperidine rings is 1. The lowest BCUT2D eigenvalue weighted by molar-refractivity contribution is -0.134. The van der Waals surface area contributed by atoms with Crippen LogP contribution in [0.1, 0.15) is 55.5 Å². The van der Waals surface area contributed by atoms with Crippen molar-refractivity contribution in [3.8, 4) is 5.75 Å². The SMILES string of the molecule is Cc1ccc(OCc2nnc(SCC(=O)N3CCC[C@H]4CCCC[C@@H]43)n2N)c(C)c1. The highest BCUT2D eigenvalue weighted by Crippen LogP contribution is 2.35. The van der Waals surface area contributed by atoms with Crippen LogP contribution in [0.3, 0.4) is 0 Å². The molecule has 1 amide bonds. The Labute approximate surface area is 182 Å². The Morgan fingerprint density at radius 1 is 1.20 bits per heavy atom. The summed E-state index contributed by atoms with van der Waals surface area (Å²) in [4.78, 5) is 15.0. The molecule has 0 bridgehead atoms. The molecule has 30 heavy (non-hydrogen) atoms. The summed E-state index contributed by atoms with van der Waals surface area (Å²) < 4.78 is 7.30. The molecule has 1 aromatic carbocycles. The average Bonchev–Trinajstić information content (AvgIpc) is 3.10. The molecule has 0 spiro atoms. The number of nitrogens with two attached hydrogens (primary N) is 1. The number of likely N-dealkylation sites (tertiary alicyclic amines) is 1. The third-order valence-corrected chi connectivity index (χ3v) is 7.24. The van der Waals surface area contributed by atoms with Crippen LogP contribution in [-0.2, 0) is 11.4 Å². The highest BCUT2D eigenvalue weighted by atomic mass is 32.2. The fourth-order valence-electron chi connectivity index (χ4n) is 4.75. The number of rotatable bonds is 6. The Hall–Kier alpha value is -2.22. The van der Waals surface area contributed by atoms with Crippen LogP contribution in [0, 0.1) is 19.8 Å². The Bertz CT molecular complexity index is 898. The predicted octanol–water partition coefficient (Wildman–Crippen LogP) is 3.46. The highest BCUT2D eigenvalue weighted by Gasteiger charge is 2.35. The van der Waals surface area contributed by atoms with Crippen molar-refractivity contribution in [1.82, 2.24) is 19.8 Å². The van der Waals surface area contributed by atoms with E-state index >= 15 is 0 Å². The van der Waals surface area contributed by atoms with Gasteiger partial charge in [-0.05, 0) is 57.1 Å². The minimum Gasteiger partial charge on any atom is -0.485 e. The van der Waals surface area contributed by atoms with Crippen LogP contribution in [0.2, 0.25) is 0 Å². The molecule has 1 aliphatic heterocycles. The maximum atomic E-state index is 12.9. The topological polar surface area (TPSA) is 86.3 Å². The molecule has 2 heterocycles. The van der Waals surface area contributed by atoms with Gasteiger partial charge in [0.1, 0.15) is 12.4 Å². The van der Waals surface area contributed by atoms with Gasteiger partial charge in [0.25, 0.3) is 0 Å². The second-order valence-corrected chi connectivity index (χ2v) is 9.40. The van der Waals surface area contributed by atoms with Gasteiger partial charge in [0.15, 0.2) is 5.82 Å². The van der Waals surface area contributed by atoms with Crippen LogP contribution in [-0.4, -0.2) is 44.0 Å². The smallest absolute Gasteiger partial charge is 0.233 e. The summed E-state index contributed by atoms with van der Waals surface area (Å²) in [6.07, 6.45) is 7.34. The van der Waals surface area contributed by atoms with Crippen molar-refractivity contribution in [3.63, 3.8) is 0 Å². The number of ether oxygens (including phenoxy) is 1. The van der Waals surface area contributed by atoms with Crippen molar-refractivity contribution in [2.24, 2.45) is 5.92 Å². The molecular weight excluding hydrogens is 398 g/mol. The van der Waals surface area contributed by atoms with Crippen LogP contribution in [0.5, 0.6) is 5.75 Å². The Balaban J connectivity index is 1.33. The Kier molecular flexibility index (Phi) is 6.51. The van der Waals surface area contributed by atoms with Gasteiger partial charge in [0.2, 0.25) is 11.1 Å². The first-order valence-corrected chi connectivity index (χ1v) is 11.8. The van der Waals surface area contributed by atoms with Gasteiger partial charge >= 0.3 is 0 Å². The monoisotopic (exact) mass is 429 g/mol. The number of aryl methyl sites for hydroxylation is 2. The summed E-state index contributed by atoms with van der Waals surface area (Å²) in [5.41, 5.74) is 2.26. The zero-order valence-corrected chi connectivity index (χ0v) is 18.7. The lowest BCUT2D eigenvalue weighted by Gasteiger charge is -2.44. The largest absolute Gasteiger partial charge is 0.485 e. The van der Waals surface area contributed by atoms with E-state index in [4.69, 9.17) is 10.6 Å². The summed E-state index contributed by atoms with van der Waals surface area (Å²) in [6.45, 7) is 5.18. The van der Waals surface area contributed by atoms with Gasteiger partial charge in [0.05, 0.1) is 5.75 Å². The van der Waals surface area contributed by atoms with E-state index < -0.39 is 0 Å². The van der Waals surface area contributed by atoms with E-state index in [0.717, 1.165) is 30.7 Å². The number of nitrogens with zero attached hydrogens (tertiary/aromatic N) is 4. The van der Waals surface area contributed by atoms with E-state index in [-0.39, 0.29) is 12.5 Å². The van der Waals surface area contributed by atoms with Crippen LogP contribution in [0.15, 0.2) is 23.4 Å². The van der Waals surface area contributed by atoms with Crippen molar-refractivity contribution >= 4 is 17.7 Å².